The summed E-state index contributed by atoms with van der Waals surface area (Å²) >= 11 is 0. The molecule has 0 unspecified atom stereocenters. The van der Waals surface area contributed by atoms with Crippen molar-refractivity contribution in [1.29, 1.82) is 0 Å². The molecule has 0 saturated heterocycles. The molecule has 0 amide bonds. The van der Waals surface area contributed by atoms with Crippen molar-refractivity contribution >= 4 is 5.96 Å². The second kappa shape index (κ2) is 7.81. The average molecular weight is 323 g/mol. The highest BCUT2D eigenvalue weighted by Crippen LogP contribution is 2.10. The fraction of sp³-hybridized carbons (Fsp3) is 0.368. The average Bonchev–Trinajstić information content (AvgIpc) is 3.24. The lowest BCUT2D eigenvalue weighted by Crippen LogP contribution is -2.42. The molecular formula is C19H25N5. The molecule has 5 nitrogen and oxygen atoms in total. The van der Waals surface area contributed by atoms with Crippen LogP contribution in [0.4, 0.5) is 0 Å². The Hall–Kier alpha value is -2.56. The molecule has 0 aliphatic heterocycles. The number of hydrogen-bond donors (Lipinski definition) is 2. The molecule has 2 aromatic rings. The molecular weight excluding hydrogens is 298 g/mol. The summed E-state index contributed by atoms with van der Waals surface area (Å²) in [7, 11) is 1.82. The zero-order valence-corrected chi connectivity index (χ0v) is 14.4. The van der Waals surface area contributed by atoms with Gasteiger partial charge in [-0.05, 0) is 30.9 Å². The third kappa shape index (κ3) is 4.25. The number of rotatable bonds is 5. The van der Waals surface area contributed by atoms with Crippen molar-refractivity contribution in [3.05, 3.63) is 65.8 Å². The molecule has 24 heavy (non-hydrogen) atoms. The van der Waals surface area contributed by atoms with Gasteiger partial charge < -0.3 is 15.2 Å². The molecule has 1 aliphatic carbocycles. The van der Waals surface area contributed by atoms with Crippen LogP contribution in [0.3, 0.4) is 0 Å². The third-order valence-corrected chi connectivity index (χ3v) is 4.30. The van der Waals surface area contributed by atoms with Crippen molar-refractivity contribution in [2.45, 2.75) is 38.9 Å². The number of benzene rings is 1. The van der Waals surface area contributed by atoms with Gasteiger partial charge in [-0.15, -0.1) is 0 Å². The van der Waals surface area contributed by atoms with Crippen LogP contribution in [0, 0.1) is 6.92 Å². The van der Waals surface area contributed by atoms with Gasteiger partial charge >= 0.3 is 0 Å². The molecule has 0 spiro atoms. The van der Waals surface area contributed by atoms with E-state index >= 15 is 0 Å². The molecule has 0 saturated carbocycles. The molecule has 0 fully saturated rings. The fourth-order valence-electron chi connectivity index (χ4n) is 2.91. The second-order valence-electron chi connectivity index (χ2n) is 6.13. The highest BCUT2D eigenvalue weighted by molar-refractivity contribution is 5.80. The molecule has 1 aliphatic rings. The summed E-state index contributed by atoms with van der Waals surface area (Å²) in [4.78, 5) is 8.59. The minimum Gasteiger partial charge on any atom is -0.353 e. The van der Waals surface area contributed by atoms with E-state index in [9.17, 15) is 0 Å². The molecule has 3 rings (SSSR count). The number of aryl methyl sites for hydroxylation is 1. The zero-order valence-electron chi connectivity index (χ0n) is 14.4. The Labute approximate surface area is 143 Å². The molecule has 1 aromatic carbocycles. The molecule has 0 bridgehead atoms. The summed E-state index contributed by atoms with van der Waals surface area (Å²) in [5, 5.41) is 6.86. The quantitative estimate of drug-likeness (QED) is 0.505. The van der Waals surface area contributed by atoms with Gasteiger partial charge in [0.15, 0.2) is 5.96 Å². The van der Waals surface area contributed by atoms with E-state index in [1.54, 1.807) is 0 Å². The lowest BCUT2D eigenvalue weighted by molar-refractivity contribution is 0.633. The van der Waals surface area contributed by atoms with Gasteiger partial charge in [-0.3, -0.25) is 4.99 Å². The lowest BCUT2D eigenvalue weighted by Gasteiger charge is -2.17. The minimum absolute atomic E-state index is 0.465. The molecule has 5 heteroatoms. The fourth-order valence-corrected chi connectivity index (χ4v) is 2.91. The van der Waals surface area contributed by atoms with Crippen LogP contribution in [0.1, 0.15) is 29.8 Å². The minimum atomic E-state index is 0.465. The Morgan fingerprint density at radius 2 is 2.08 bits per heavy atom. The van der Waals surface area contributed by atoms with Gasteiger partial charge in [-0.1, -0.05) is 36.4 Å². The van der Waals surface area contributed by atoms with Crippen molar-refractivity contribution in [1.82, 2.24) is 20.2 Å². The molecule has 1 heterocycles. The summed E-state index contributed by atoms with van der Waals surface area (Å²) in [5.41, 5.74) is 2.52. The van der Waals surface area contributed by atoms with Crippen LogP contribution in [0.25, 0.3) is 0 Å². The Morgan fingerprint density at radius 1 is 1.29 bits per heavy atom. The largest absolute Gasteiger partial charge is 0.353 e. The first-order valence-electron chi connectivity index (χ1n) is 8.42. The smallest absolute Gasteiger partial charge is 0.191 e. The highest BCUT2D eigenvalue weighted by atomic mass is 15.2. The van der Waals surface area contributed by atoms with Crippen LogP contribution >= 0.6 is 0 Å². The number of aliphatic imine (C=N–C) groups is 1. The number of nitrogens with one attached hydrogen (secondary N) is 2. The summed E-state index contributed by atoms with van der Waals surface area (Å²) in [6, 6.07) is 9.10. The van der Waals surface area contributed by atoms with Gasteiger partial charge in [-0.25, -0.2) is 4.98 Å². The SMILES string of the molecule is CN=C(NCc1cccc(Cn2ccnc2C)c1)NC1CC=CC1. The maximum Gasteiger partial charge on any atom is 0.191 e. The Bertz CT molecular complexity index is 721. The van der Waals surface area contributed by atoms with Crippen molar-refractivity contribution in [3.63, 3.8) is 0 Å². The molecule has 0 atom stereocenters. The van der Waals surface area contributed by atoms with E-state index < -0.39 is 0 Å². The van der Waals surface area contributed by atoms with Crippen LogP contribution in [-0.2, 0) is 13.1 Å². The summed E-state index contributed by atoms with van der Waals surface area (Å²) in [6.07, 6.45) is 10.4. The normalized spacial score (nSPS) is 15.0. The van der Waals surface area contributed by atoms with E-state index in [0.29, 0.717) is 6.04 Å². The van der Waals surface area contributed by atoms with E-state index in [-0.39, 0.29) is 0 Å². The van der Waals surface area contributed by atoms with Gasteiger partial charge in [-0.2, -0.15) is 0 Å². The van der Waals surface area contributed by atoms with E-state index in [2.05, 4.69) is 61.6 Å². The predicted octanol–water partition coefficient (Wildman–Crippen LogP) is 2.62. The number of nitrogens with zero attached hydrogens (tertiary/aromatic N) is 3. The van der Waals surface area contributed by atoms with E-state index in [0.717, 1.165) is 37.7 Å². The Kier molecular flexibility index (Phi) is 5.31. The maximum atomic E-state index is 4.32. The molecule has 126 valence electrons. The number of guanidine groups is 1. The first kappa shape index (κ1) is 16.3. The zero-order chi connectivity index (χ0) is 16.8. The van der Waals surface area contributed by atoms with Crippen LogP contribution < -0.4 is 10.6 Å². The van der Waals surface area contributed by atoms with Gasteiger partial charge in [0, 0.05) is 38.6 Å². The summed E-state index contributed by atoms with van der Waals surface area (Å²) < 4.78 is 2.15. The van der Waals surface area contributed by atoms with Crippen molar-refractivity contribution in [3.8, 4) is 0 Å². The highest BCUT2D eigenvalue weighted by Gasteiger charge is 2.11. The van der Waals surface area contributed by atoms with E-state index in [1.165, 1.54) is 11.1 Å². The Morgan fingerprint density at radius 3 is 2.79 bits per heavy atom. The number of hydrogen-bond acceptors (Lipinski definition) is 2. The monoisotopic (exact) mass is 323 g/mol. The first-order valence-corrected chi connectivity index (χ1v) is 8.42. The van der Waals surface area contributed by atoms with Gasteiger partial charge in [0.25, 0.3) is 0 Å². The van der Waals surface area contributed by atoms with Crippen LogP contribution in [-0.4, -0.2) is 28.6 Å². The van der Waals surface area contributed by atoms with Gasteiger partial charge in [0.1, 0.15) is 5.82 Å². The Balaban J connectivity index is 1.56. The predicted molar refractivity (Wildman–Crippen MR) is 98.0 cm³/mol. The topological polar surface area (TPSA) is 54.2 Å². The molecule has 0 radical (unpaired) electrons. The summed E-state index contributed by atoms with van der Waals surface area (Å²) in [6.45, 7) is 3.63. The lowest BCUT2D eigenvalue weighted by atomic mass is 10.1. The standard InChI is InChI=1S/C19H25N5/c1-15-21-10-11-24(15)14-17-7-5-6-16(12-17)13-22-19(20-2)23-18-8-3-4-9-18/h3-7,10-12,18H,8-9,13-14H2,1-2H3,(H2,20,22,23). The van der Waals surface area contributed by atoms with E-state index in [4.69, 9.17) is 0 Å². The number of aromatic nitrogens is 2. The number of imidazole rings is 1. The van der Waals surface area contributed by atoms with E-state index in [1.807, 2.05) is 26.4 Å². The van der Waals surface area contributed by atoms with Crippen LogP contribution in [0.5, 0.6) is 0 Å². The van der Waals surface area contributed by atoms with Gasteiger partial charge in [0.2, 0.25) is 0 Å². The molecule has 1 aromatic heterocycles. The van der Waals surface area contributed by atoms with Crippen molar-refractivity contribution < 1.29 is 0 Å². The van der Waals surface area contributed by atoms with Crippen molar-refractivity contribution in [2.24, 2.45) is 4.99 Å². The maximum absolute atomic E-state index is 4.32. The summed E-state index contributed by atoms with van der Waals surface area (Å²) in [5.74, 6) is 1.90. The third-order valence-electron chi connectivity index (χ3n) is 4.30. The first-order chi connectivity index (χ1) is 11.7. The molecule has 2 N–H and O–H groups in total. The van der Waals surface area contributed by atoms with Crippen molar-refractivity contribution in [2.75, 3.05) is 7.05 Å². The van der Waals surface area contributed by atoms with Gasteiger partial charge in [0.05, 0.1) is 0 Å². The van der Waals surface area contributed by atoms with Crippen LogP contribution in [0.15, 0.2) is 53.8 Å². The second-order valence-corrected chi connectivity index (χ2v) is 6.13. The van der Waals surface area contributed by atoms with Crippen LogP contribution in [0.2, 0.25) is 0 Å².